The van der Waals surface area contributed by atoms with Crippen molar-refractivity contribution in [1.82, 2.24) is 10.3 Å². The van der Waals surface area contributed by atoms with Crippen molar-refractivity contribution in [2.75, 3.05) is 4.90 Å². The van der Waals surface area contributed by atoms with E-state index in [2.05, 4.69) is 32.3 Å². The number of hydrogen-bond acceptors (Lipinski definition) is 4. The summed E-state index contributed by atoms with van der Waals surface area (Å²) < 4.78 is 1.00. The minimum Gasteiger partial charge on any atom is -0.506 e. The maximum atomic E-state index is 10.4. The number of benzene rings is 1. The molecule has 1 aromatic carbocycles. The Morgan fingerprint density at radius 2 is 2.12 bits per heavy atom. The number of halogens is 2. The predicted molar refractivity (Wildman–Crippen MR) is 113 cm³/mol. The summed E-state index contributed by atoms with van der Waals surface area (Å²) in [6, 6.07) is 12.5. The maximum absolute atomic E-state index is 10.4. The van der Waals surface area contributed by atoms with Crippen molar-refractivity contribution in [3.63, 3.8) is 0 Å². The molecule has 1 saturated heterocycles. The summed E-state index contributed by atoms with van der Waals surface area (Å²) in [5.74, 6) is 0.126. The molecule has 3 heterocycles. The molecule has 4 rings (SSSR count). The first kappa shape index (κ1) is 17.7. The van der Waals surface area contributed by atoms with Gasteiger partial charge in [0, 0.05) is 25.9 Å². The molecule has 0 bridgehead atoms. The molecule has 1 aliphatic heterocycles. The van der Waals surface area contributed by atoms with Gasteiger partial charge in [0.25, 0.3) is 0 Å². The number of thiophene rings is 1. The molecule has 2 atom stereocenters. The zero-order valence-electron chi connectivity index (χ0n) is 13.3. The average molecular weight is 467 g/mol. The van der Waals surface area contributed by atoms with E-state index in [1.54, 1.807) is 35.7 Å². The Morgan fingerprint density at radius 1 is 1.27 bits per heavy atom. The summed E-state index contributed by atoms with van der Waals surface area (Å²) in [5, 5.41) is 16.9. The van der Waals surface area contributed by atoms with Crippen LogP contribution < -0.4 is 10.2 Å². The number of anilines is 1. The molecular weight excluding hydrogens is 454 g/mol. The zero-order chi connectivity index (χ0) is 18.3. The molecule has 0 unspecified atom stereocenters. The fraction of sp³-hybridized carbons (Fsp3) is 0.111. The topological polar surface area (TPSA) is 48.4 Å². The van der Waals surface area contributed by atoms with E-state index in [1.807, 2.05) is 28.5 Å². The van der Waals surface area contributed by atoms with E-state index in [1.165, 1.54) is 0 Å². The average Bonchev–Trinajstić information content (AvgIpc) is 3.21. The highest BCUT2D eigenvalue weighted by atomic mass is 79.9. The number of phenolic OH excluding ortho intramolecular Hbond substituents is 1. The molecule has 0 spiro atoms. The van der Waals surface area contributed by atoms with Crippen molar-refractivity contribution in [3.05, 3.63) is 74.1 Å². The number of nitrogens with zero attached hydrogens (tertiary/aromatic N) is 2. The van der Waals surface area contributed by atoms with Crippen LogP contribution in [0.25, 0.3) is 0 Å². The second-order valence-corrected chi connectivity index (χ2v) is 8.48. The van der Waals surface area contributed by atoms with Crippen molar-refractivity contribution in [3.8, 4) is 5.75 Å². The second kappa shape index (κ2) is 7.15. The van der Waals surface area contributed by atoms with Crippen LogP contribution in [0.5, 0.6) is 5.75 Å². The van der Waals surface area contributed by atoms with Crippen LogP contribution >= 0.6 is 51.1 Å². The Kier molecular flexibility index (Phi) is 4.88. The Bertz CT molecular complexity index is 966. The lowest BCUT2D eigenvalue weighted by atomic mass is 10.0. The molecule has 0 radical (unpaired) electrons. The monoisotopic (exact) mass is 465 g/mol. The molecule has 1 fully saturated rings. The van der Waals surface area contributed by atoms with Crippen molar-refractivity contribution in [1.29, 1.82) is 0 Å². The number of aromatic hydroxyl groups is 1. The van der Waals surface area contributed by atoms with Gasteiger partial charge < -0.3 is 15.3 Å². The fourth-order valence-electron chi connectivity index (χ4n) is 3.08. The van der Waals surface area contributed by atoms with Gasteiger partial charge in [0.1, 0.15) is 5.75 Å². The van der Waals surface area contributed by atoms with Crippen molar-refractivity contribution in [2.24, 2.45) is 0 Å². The van der Waals surface area contributed by atoms with Gasteiger partial charge in [-0.1, -0.05) is 17.7 Å². The summed E-state index contributed by atoms with van der Waals surface area (Å²) >= 11 is 16.9. The van der Waals surface area contributed by atoms with Gasteiger partial charge in [-0.05, 0) is 64.5 Å². The Morgan fingerprint density at radius 3 is 2.81 bits per heavy atom. The van der Waals surface area contributed by atoms with Gasteiger partial charge in [-0.2, -0.15) is 0 Å². The van der Waals surface area contributed by atoms with E-state index < -0.39 is 0 Å². The van der Waals surface area contributed by atoms with Crippen molar-refractivity contribution >= 4 is 61.9 Å². The van der Waals surface area contributed by atoms with Crippen molar-refractivity contribution in [2.45, 2.75) is 12.1 Å². The number of hydrogen-bond donors (Lipinski definition) is 2. The van der Waals surface area contributed by atoms with Crippen LogP contribution in [0.2, 0.25) is 5.02 Å². The lowest BCUT2D eigenvalue weighted by Gasteiger charge is -2.27. The lowest BCUT2D eigenvalue weighted by molar-refractivity contribution is 0.473. The normalized spacial score (nSPS) is 19.6. The van der Waals surface area contributed by atoms with Crippen molar-refractivity contribution < 1.29 is 5.11 Å². The number of thiocarbonyl (C=S) groups is 1. The minimum atomic E-state index is -0.155. The SMILES string of the molecule is Oc1ccc(Cl)cc1N1C(=S)N[C@H](c2ccccn2)[C@H]1c1cc(Br)cs1. The maximum Gasteiger partial charge on any atom is 0.174 e. The largest absolute Gasteiger partial charge is 0.506 e. The van der Waals surface area contributed by atoms with E-state index >= 15 is 0 Å². The first-order chi connectivity index (χ1) is 12.5. The molecular formula is C18H13BrClN3OS2. The van der Waals surface area contributed by atoms with E-state index in [4.69, 9.17) is 23.8 Å². The molecule has 0 aliphatic carbocycles. The second-order valence-electron chi connectivity index (χ2n) is 5.80. The van der Waals surface area contributed by atoms with E-state index in [9.17, 15) is 5.11 Å². The molecule has 0 amide bonds. The summed E-state index contributed by atoms with van der Waals surface area (Å²) in [6.07, 6.45) is 1.76. The standard InChI is InChI=1S/C18H13BrClN3OS2/c19-10-7-15(26-9-10)17-16(12-3-1-2-6-21-12)22-18(25)23(17)13-8-11(20)4-5-14(13)24/h1-9,16-17,24H,(H,22,25)/t16-,17-/m1/s1. The minimum absolute atomic E-state index is 0.126. The fourth-order valence-corrected chi connectivity index (χ4v) is 5.15. The highest BCUT2D eigenvalue weighted by molar-refractivity contribution is 9.10. The summed E-state index contributed by atoms with van der Waals surface area (Å²) in [4.78, 5) is 7.51. The van der Waals surface area contributed by atoms with Gasteiger partial charge in [-0.3, -0.25) is 4.98 Å². The van der Waals surface area contributed by atoms with Gasteiger partial charge in [0.2, 0.25) is 0 Å². The van der Waals surface area contributed by atoms with Gasteiger partial charge >= 0.3 is 0 Å². The number of nitrogens with one attached hydrogen (secondary N) is 1. The third-order valence-electron chi connectivity index (χ3n) is 4.17. The van der Waals surface area contributed by atoms with Crippen LogP contribution in [-0.4, -0.2) is 15.2 Å². The quantitative estimate of drug-likeness (QED) is 0.503. The Balaban J connectivity index is 1.86. The summed E-state index contributed by atoms with van der Waals surface area (Å²) in [5.41, 5.74) is 1.45. The summed E-state index contributed by atoms with van der Waals surface area (Å²) in [6.45, 7) is 0. The molecule has 132 valence electrons. The number of rotatable bonds is 3. The van der Waals surface area contributed by atoms with Crippen LogP contribution in [0.4, 0.5) is 5.69 Å². The van der Waals surface area contributed by atoms with Crippen LogP contribution in [0.3, 0.4) is 0 Å². The molecule has 4 nitrogen and oxygen atoms in total. The Hall–Kier alpha value is -1.67. The first-order valence-corrected chi connectivity index (χ1v) is 10.2. The van der Waals surface area contributed by atoms with Crippen LogP contribution in [0.15, 0.2) is 58.5 Å². The Labute approximate surface area is 173 Å². The molecule has 26 heavy (non-hydrogen) atoms. The van der Waals surface area contributed by atoms with Crippen LogP contribution in [-0.2, 0) is 0 Å². The van der Waals surface area contributed by atoms with E-state index in [-0.39, 0.29) is 17.8 Å². The number of aromatic nitrogens is 1. The molecule has 2 aromatic heterocycles. The predicted octanol–water partition coefficient (Wildman–Crippen LogP) is 5.44. The highest BCUT2D eigenvalue weighted by Gasteiger charge is 2.42. The van der Waals surface area contributed by atoms with E-state index in [0.717, 1.165) is 15.0 Å². The van der Waals surface area contributed by atoms with Crippen LogP contribution in [0, 0.1) is 0 Å². The first-order valence-electron chi connectivity index (χ1n) is 7.77. The molecule has 2 N–H and O–H groups in total. The number of pyridine rings is 1. The lowest BCUT2D eigenvalue weighted by Crippen LogP contribution is -2.29. The third-order valence-corrected chi connectivity index (χ3v) is 6.49. The van der Waals surface area contributed by atoms with Gasteiger partial charge in [-0.15, -0.1) is 11.3 Å². The third kappa shape index (κ3) is 3.20. The molecule has 0 saturated carbocycles. The van der Waals surface area contributed by atoms with E-state index in [0.29, 0.717) is 15.8 Å². The van der Waals surface area contributed by atoms with Gasteiger partial charge in [0.15, 0.2) is 5.11 Å². The molecule has 1 aliphatic rings. The smallest absolute Gasteiger partial charge is 0.174 e. The number of phenols is 1. The molecule has 3 aromatic rings. The summed E-state index contributed by atoms with van der Waals surface area (Å²) in [7, 11) is 0. The highest BCUT2D eigenvalue weighted by Crippen LogP contribution is 2.46. The molecule has 8 heteroatoms. The van der Waals surface area contributed by atoms with Gasteiger partial charge in [-0.25, -0.2) is 0 Å². The van der Waals surface area contributed by atoms with Gasteiger partial charge in [0.05, 0.1) is 23.5 Å². The van der Waals surface area contributed by atoms with Crippen LogP contribution in [0.1, 0.15) is 22.7 Å². The zero-order valence-corrected chi connectivity index (χ0v) is 17.2.